The molecule has 0 aliphatic carbocycles. The number of aryl methyl sites for hydroxylation is 2. The topological polar surface area (TPSA) is 25.2 Å². The molecule has 0 saturated carbocycles. The average Bonchev–Trinajstić information content (AvgIpc) is 3.34. The smallest absolute Gasteiger partial charge is 0.178 e. The number of Topliss-reactive ketones (excluding diaryl/α,β-unsaturated/α-hetero) is 1. The van der Waals surface area contributed by atoms with E-state index >= 15 is 0 Å². The maximum atomic E-state index is 12.9. The Morgan fingerprint density at radius 1 is 1.19 bits per heavy atom. The van der Waals surface area contributed by atoms with Crippen LogP contribution in [0.3, 0.4) is 0 Å². The fraction of sp³-hybridized carbons (Fsp3) is 0.381. The summed E-state index contributed by atoms with van der Waals surface area (Å²) in [6.07, 6.45) is 2.09. The number of rotatable bonds is 6. The monoisotopic (exact) mass is 384 g/mol. The Kier molecular flexibility index (Phi) is 5.11. The van der Waals surface area contributed by atoms with Gasteiger partial charge in [-0.05, 0) is 61.2 Å². The second-order valence-corrected chi connectivity index (χ2v) is 9.05. The first-order valence-electron chi connectivity index (χ1n) is 9.11. The van der Waals surface area contributed by atoms with E-state index in [2.05, 4.69) is 58.3 Å². The molecule has 136 valence electrons. The van der Waals surface area contributed by atoms with Gasteiger partial charge < -0.3 is 4.57 Å². The zero-order valence-corrected chi connectivity index (χ0v) is 17.0. The molecule has 0 aromatic carbocycles. The SMILES string of the molecule is Cc1cc(C(=O)CN2CCc3sccc3C2)c(C)n1CCc1cccs1. The van der Waals surface area contributed by atoms with Gasteiger partial charge in [-0.1, -0.05) is 6.07 Å². The third-order valence-corrected chi connectivity index (χ3v) is 7.25. The number of hydrogen-bond acceptors (Lipinski definition) is 4. The van der Waals surface area contributed by atoms with E-state index < -0.39 is 0 Å². The molecule has 3 aromatic heterocycles. The van der Waals surface area contributed by atoms with Crippen molar-refractivity contribution in [3.8, 4) is 0 Å². The van der Waals surface area contributed by atoms with Crippen molar-refractivity contribution in [2.45, 2.75) is 39.8 Å². The molecular weight excluding hydrogens is 360 g/mol. The van der Waals surface area contributed by atoms with Gasteiger partial charge in [-0.2, -0.15) is 0 Å². The van der Waals surface area contributed by atoms with Gasteiger partial charge in [0.2, 0.25) is 0 Å². The van der Waals surface area contributed by atoms with Gasteiger partial charge in [-0.25, -0.2) is 0 Å². The van der Waals surface area contributed by atoms with E-state index in [0.717, 1.165) is 43.7 Å². The Labute approximate surface area is 162 Å². The van der Waals surface area contributed by atoms with Crippen LogP contribution in [0.1, 0.15) is 37.1 Å². The van der Waals surface area contributed by atoms with E-state index in [0.29, 0.717) is 6.54 Å². The Hall–Kier alpha value is -1.69. The zero-order valence-electron chi connectivity index (χ0n) is 15.3. The summed E-state index contributed by atoms with van der Waals surface area (Å²) < 4.78 is 2.29. The van der Waals surface area contributed by atoms with Crippen LogP contribution >= 0.6 is 22.7 Å². The zero-order chi connectivity index (χ0) is 18.1. The van der Waals surface area contributed by atoms with E-state index in [1.165, 1.54) is 21.0 Å². The summed E-state index contributed by atoms with van der Waals surface area (Å²) in [6.45, 7) is 7.54. The minimum Gasteiger partial charge on any atom is -0.348 e. The van der Waals surface area contributed by atoms with Gasteiger partial charge in [0.05, 0.1) is 6.54 Å². The molecule has 0 radical (unpaired) electrons. The molecule has 26 heavy (non-hydrogen) atoms. The van der Waals surface area contributed by atoms with E-state index in [4.69, 9.17) is 0 Å². The third kappa shape index (κ3) is 3.56. The van der Waals surface area contributed by atoms with Crippen molar-refractivity contribution in [1.29, 1.82) is 0 Å². The van der Waals surface area contributed by atoms with Gasteiger partial charge in [0.1, 0.15) is 0 Å². The standard InChI is InChI=1S/C21H24N2OS2/c1-15-12-19(16(2)23(15)9-5-18-4-3-10-25-18)20(24)14-22-8-6-21-17(13-22)7-11-26-21/h3-4,7,10-12H,5-6,8-9,13-14H2,1-2H3. The third-order valence-electron chi connectivity index (χ3n) is 5.29. The van der Waals surface area contributed by atoms with Gasteiger partial charge in [-0.3, -0.25) is 9.69 Å². The lowest BCUT2D eigenvalue weighted by atomic mass is 10.1. The van der Waals surface area contributed by atoms with E-state index in [-0.39, 0.29) is 5.78 Å². The Bertz CT molecular complexity index is 905. The van der Waals surface area contributed by atoms with Crippen molar-refractivity contribution in [3.05, 3.63) is 67.3 Å². The summed E-state index contributed by atoms with van der Waals surface area (Å²) in [5.74, 6) is 0.249. The molecule has 0 unspecified atom stereocenters. The van der Waals surface area contributed by atoms with Crippen LogP contribution in [-0.4, -0.2) is 28.3 Å². The minimum atomic E-state index is 0.249. The predicted molar refractivity (Wildman–Crippen MR) is 110 cm³/mol. The number of carbonyl (C=O) groups is 1. The lowest BCUT2D eigenvalue weighted by molar-refractivity contribution is 0.0921. The first kappa shape index (κ1) is 17.7. The normalized spacial score (nSPS) is 14.5. The van der Waals surface area contributed by atoms with E-state index in [1.807, 2.05) is 11.3 Å². The highest BCUT2D eigenvalue weighted by Crippen LogP contribution is 2.25. The highest BCUT2D eigenvalue weighted by molar-refractivity contribution is 7.10. The molecule has 0 spiro atoms. The van der Waals surface area contributed by atoms with Crippen molar-refractivity contribution < 1.29 is 4.79 Å². The van der Waals surface area contributed by atoms with Gasteiger partial charge in [0.15, 0.2) is 5.78 Å². The Morgan fingerprint density at radius 3 is 2.88 bits per heavy atom. The van der Waals surface area contributed by atoms with Crippen LogP contribution in [-0.2, 0) is 25.9 Å². The maximum absolute atomic E-state index is 12.9. The van der Waals surface area contributed by atoms with Gasteiger partial charge in [0.25, 0.3) is 0 Å². The first-order valence-corrected chi connectivity index (χ1v) is 10.9. The van der Waals surface area contributed by atoms with E-state index in [1.54, 1.807) is 11.3 Å². The van der Waals surface area contributed by atoms with Crippen molar-refractivity contribution in [1.82, 2.24) is 9.47 Å². The van der Waals surface area contributed by atoms with Crippen LogP contribution < -0.4 is 0 Å². The molecule has 5 heteroatoms. The fourth-order valence-corrected chi connectivity index (χ4v) is 5.42. The number of nitrogens with zero attached hydrogens (tertiary/aromatic N) is 2. The molecule has 0 amide bonds. The molecule has 4 heterocycles. The summed E-state index contributed by atoms with van der Waals surface area (Å²) in [5, 5.41) is 4.29. The van der Waals surface area contributed by atoms with Crippen LogP contribution in [0.15, 0.2) is 35.0 Å². The molecule has 3 nitrogen and oxygen atoms in total. The van der Waals surface area contributed by atoms with Crippen LogP contribution in [0.25, 0.3) is 0 Å². The van der Waals surface area contributed by atoms with Gasteiger partial charge >= 0.3 is 0 Å². The quantitative estimate of drug-likeness (QED) is 0.575. The predicted octanol–water partition coefficient (Wildman–Crippen LogP) is 4.71. The summed E-state index contributed by atoms with van der Waals surface area (Å²) in [6, 6.07) is 8.56. The van der Waals surface area contributed by atoms with Crippen molar-refractivity contribution >= 4 is 28.5 Å². The van der Waals surface area contributed by atoms with Crippen LogP contribution in [0, 0.1) is 13.8 Å². The molecule has 0 bridgehead atoms. The fourth-order valence-electron chi connectivity index (χ4n) is 3.83. The Morgan fingerprint density at radius 2 is 2.08 bits per heavy atom. The number of fused-ring (bicyclic) bond motifs is 1. The highest BCUT2D eigenvalue weighted by atomic mass is 32.1. The molecule has 0 fully saturated rings. The van der Waals surface area contributed by atoms with E-state index in [9.17, 15) is 4.79 Å². The summed E-state index contributed by atoms with van der Waals surface area (Å²) in [7, 11) is 0. The first-order chi connectivity index (χ1) is 12.6. The number of carbonyl (C=O) groups excluding carboxylic acids is 1. The number of thiophene rings is 2. The Balaban J connectivity index is 1.44. The molecule has 1 aliphatic rings. The molecule has 3 aromatic rings. The molecule has 0 N–H and O–H groups in total. The number of hydrogen-bond donors (Lipinski definition) is 0. The van der Waals surface area contributed by atoms with Gasteiger partial charge in [-0.15, -0.1) is 22.7 Å². The minimum absolute atomic E-state index is 0.249. The average molecular weight is 385 g/mol. The van der Waals surface area contributed by atoms with Crippen LogP contribution in [0.2, 0.25) is 0 Å². The molecule has 0 atom stereocenters. The summed E-state index contributed by atoms with van der Waals surface area (Å²) in [5.41, 5.74) is 4.58. The highest BCUT2D eigenvalue weighted by Gasteiger charge is 2.22. The maximum Gasteiger partial charge on any atom is 0.178 e. The second-order valence-electron chi connectivity index (χ2n) is 7.02. The lowest BCUT2D eigenvalue weighted by Gasteiger charge is -2.26. The largest absolute Gasteiger partial charge is 0.348 e. The number of aromatic nitrogens is 1. The number of ketones is 1. The van der Waals surface area contributed by atoms with Crippen molar-refractivity contribution in [2.24, 2.45) is 0 Å². The summed E-state index contributed by atoms with van der Waals surface area (Å²) in [4.78, 5) is 18.1. The molecule has 0 saturated heterocycles. The van der Waals surface area contributed by atoms with Crippen LogP contribution in [0.5, 0.6) is 0 Å². The molecular formula is C21H24N2OS2. The van der Waals surface area contributed by atoms with Crippen molar-refractivity contribution in [3.63, 3.8) is 0 Å². The molecule has 4 rings (SSSR count). The lowest BCUT2D eigenvalue weighted by Crippen LogP contribution is -2.34. The van der Waals surface area contributed by atoms with Gasteiger partial charge in [0, 0.05) is 46.3 Å². The second kappa shape index (κ2) is 7.51. The summed E-state index contributed by atoms with van der Waals surface area (Å²) >= 11 is 3.64. The van der Waals surface area contributed by atoms with Crippen molar-refractivity contribution in [2.75, 3.05) is 13.1 Å². The molecule has 1 aliphatic heterocycles. The van der Waals surface area contributed by atoms with Crippen LogP contribution in [0.4, 0.5) is 0 Å².